The summed E-state index contributed by atoms with van der Waals surface area (Å²) in [5.41, 5.74) is 4.95. The summed E-state index contributed by atoms with van der Waals surface area (Å²) in [6.45, 7) is 1.92. The molecule has 7 nitrogen and oxygen atoms in total. The maximum Gasteiger partial charge on any atom is 0.187 e. The molecule has 1 radical (unpaired) electrons. The largest absolute Gasteiger partial charge is 0.493 e. The van der Waals surface area contributed by atoms with Crippen LogP contribution in [0.2, 0.25) is 0 Å². The third-order valence-corrected chi connectivity index (χ3v) is 7.48. The van der Waals surface area contributed by atoms with Crippen LogP contribution in [0.25, 0.3) is 33.2 Å². The van der Waals surface area contributed by atoms with Crippen molar-refractivity contribution in [1.82, 2.24) is 14.5 Å². The van der Waals surface area contributed by atoms with Gasteiger partial charge < -0.3 is 19.0 Å². The second-order valence-corrected chi connectivity index (χ2v) is 10.00. The van der Waals surface area contributed by atoms with E-state index in [0.29, 0.717) is 22.7 Å². The Morgan fingerprint density at radius 2 is 1.68 bits per heavy atom. The van der Waals surface area contributed by atoms with Crippen LogP contribution < -0.4 is 9.47 Å². The number of aromatic nitrogens is 3. The highest BCUT2D eigenvalue weighted by molar-refractivity contribution is 7.93. The van der Waals surface area contributed by atoms with Crippen LogP contribution in [-0.4, -0.2) is 37.2 Å². The number of aryl methyl sites for hydroxylation is 2. The van der Waals surface area contributed by atoms with Crippen molar-refractivity contribution in [2.24, 2.45) is 7.05 Å². The zero-order chi connectivity index (χ0) is 24.0. The topological polar surface area (TPSA) is 86.2 Å². The maximum absolute atomic E-state index is 13.0. The highest BCUT2D eigenvalue weighted by Gasteiger charge is 2.20. The van der Waals surface area contributed by atoms with Crippen molar-refractivity contribution < 1.29 is 17.9 Å². The van der Waals surface area contributed by atoms with Gasteiger partial charge in [0.25, 0.3) is 0 Å². The normalized spacial score (nSPS) is 11.9. The number of aromatic amines is 1. The molecule has 0 saturated carbocycles. The fraction of sp³-hybridized carbons (Fsp3) is 0.154. The van der Waals surface area contributed by atoms with E-state index in [0.717, 1.165) is 33.1 Å². The van der Waals surface area contributed by atoms with Crippen molar-refractivity contribution in [2.75, 3.05) is 14.2 Å². The lowest BCUT2D eigenvalue weighted by atomic mass is 10.1. The van der Waals surface area contributed by atoms with Crippen LogP contribution in [0.4, 0.5) is 0 Å². The predicted octanol–water partition coefficient (Wildman–Crippen LogP) is 5.03. The number of H-pyrrole nitrogens is 1. The third kappa shape index (κ3) is 3.70. The van der Waals surface area contributed by atoms with Crippen LogP contribution >= 0.6 is 0 Å². The van der Waals surface area contributed by atoms with Gasteiger partial charge in [-0.25, -0.2) is 13.4 Å². The summed E-state index contributed by atoms with van der Waals surface area (Å²) >= 11 is 0. The van der Waals surface area contributed by atoms with Gasteiger partial charge in [-0.1, -0.05) is 17.7 Å². The van der Waals surface area contributed by atoms with Crippen LogP contribution in [0.3, 0.4) is 0 Å². The van der Waals surface area contributed by atoms with Crippen LogP contribution in [0.5, 0.6) is 11.5 Å². The molecule has 3 heterocycles. The molecule has 5 rings (SSSR count). The van der Waals surface area contributed by atoms with E-state index < -0.39 is 9.84 Å². The molecule has 0 saturated heterocycles. The molecule has 34 heavy (non-hydrogen) atoms. The van der Waals surface area contributed by atoms with Crippen LogP contribution in [0.1, 0.15) is 11.1 Å². The van der Waals surface area contributed by atoms with Gasteiger partial charge in [0.1, 0.15) is 11.4 Å². The minimum atomic E-state index is -3.63. The van der Waals surface area contributed by atoms with Crippen LogP contribution in [0, 0.1) is 12.7 Å². The van der Waals surface area contributed by atoms with Gasteiger partial charge in [0, 0.05) is 47.5 Å². The van der Waals surface area contributed by atoms with Gasteiger partial charge in [-0.15, -0.1) is 0 Å². The Labute approximate surface area is 197 Å². The van der Waals surface area contributed by atoms with E-state index in [4.69, 9.17) is 9.47 Å². The molecule has 2 aromatic carbocycles. The Morgan fingerprint density at radius 1 is 0.971 bits per heavy atom. The fourth-order valence-electron chi connectivity index (χ4n) is 4.18. The smallest absolute Gasteiger partial charge is 0.187 e. The average molecular weight is 475 g/mol. The van der Waals surface area contributed by atoms with Gasteiger partial charge >= 0.3 is 0 Å². The van der Waals surface area contributed by atoms with Crippen LogP contribution in [-0.2, 0) is 16.9 Å². The van der Waals surface area contributed by atoms with Gasteiger partial charge in [0.2, 0.25) is 0 Å². The predicted molar refractivity (Wildman–Crippen MR) is 133 cm³/mol. The Bertz CT molecular complexity index is 1630. The molecule has 0 fully saturated rings. The first-order chi connectivity index (χ1) is 16.3. The second kappa shape index (κ2) is 8.22. The van der Waals surface area contributed by atoms with Gasteiger partial charge in [-0.2, -0.15) is 0 Å². The first-order valence-corrected chi connectivity index (χ1v) is 12.2. The van der Waals surface area contributed by atoms with Crippen molar-refractivity contribution in [3.63, 3.8) is 0 Å². The van der Waals surface area contributed by atoms with Gasteiger partial charge in [-0.05, 0) is 42.8 Å². The van der Waals surface area contributed by atoms with Crippen molar-refractivity contribution >= 4 is 31.8 Å². The summed E-state index contributed by atoms with van der Waals surface area (Å²) in [5.74, 6) is 2.59. The molecule has 1 N–H and O–H groups in total. The molecule has 0 aliphatic carbocycles. The number of rotatable bonds is 6. The molecule has 0 aliphatic heterocycles. The summed E-state index contributed by atoms with van der Waals surface area (Å²) in [6, 6.07) is 14.4. The molecular formula is C26H24N3O4S. The minimum Gasteiger partial charge on any atom is -0.493 e. The number of methoxy groups -OCH3 is 2. The number of sulfone groups is 1. The van der Waals surface area contributed by atoms with Crippen molar-refractivity contribution in [1.29, 1.82) is 0 Å². The zero-order valence-electron chi connectivity index (χ0n) is 19.3. The summed E-state index contributed by atoms with van der Waals surface area (Å²) in [6.07, 6.45) is 3.62. The lowest BCUT2D eigenvalue weighted by molar-refractivity contribution is 0.355. The quantitative estimate of drug-likeness (QED) is 0.373. The summed E-state index contributed by atoms with van der Waals surface area (Å²) < 4.78 is 39.0. The molecule has 3 aromatic heterocycles. The monoisotopic (exact) mass is 474 g/mol. The number of nitrogens with one attached hydrogen (secondary N) is 1. The maximum atomic E-state index is 13.0. The van der Waals surface area contributed by atoms with E-state index in [1.165, 1.54) is 5.75 Å². The molecule has 0 unspecified atom stereocenters. The van der Waals surface area contributed by atoms with Crippen molar-refractivity contribution in [2.45, 2.75) is 11.8 Å². The Hall–Kier alpha value is -3.78. The number of hydrogen-bond donors (Lipinski definition) is 1. The fourth-order valence-corrected chi connectivity index (χ4v) is 5.37. The Kier molecular flexibility index (Phi) is 5.32. The Balaban J connectivity index is 1.61. The molecule has 8 heteroatoms. The van der Waals surface area contributed by atoms with Gasteiger partial charge in [-0.3, -0.25) is 0 Å². The molecule has 0 bridgehead atoms. The zero-order valence-corrected chi connectivity index (χ0v) is 20.1. The summed E-state index contributed by atoms with van der Waals surface area (Å²) in [7, 11) is 1.56. The molecular weight excluding hydrogens is 450 g/mol. The summed E-state index contributed by atoms with van der Waals surface area (Å²) in [4.78, 5) is 8.03. The highest BCUT2D eigenvalue weighted by atomic mass is 32.2. The average Bonchev–Trinajstić information content (AvgIpc) is 3.40. The number of ether oxygens (including phenoxy) is 2. The van der Waals surface area contributed by atoms with Crippen molar-refractivity contribution in [3.8, 4) is 22.8 Å². The first-order valence-electron chi connectivity index (χ1n) is 10.7. The van der Waals surface area contributed by atoms with E-state index in [1.54, 1.807) is 50.7 Å². The number of nitrogens with zero attached hydrogens (tertiary/aromatic N) is 2. The molecule has 0 atom stereocenters. The third-order valence-electron chi connectivity index (χ3n) is 5.98. The number of fused-ring (bicyclic) bond motifs is 2. The van der Waals surface area contributed by atoms with Gasteiger partial charge in [0.05, 0.1) is 24.6 Å². The van der Waals surface area contributed by atoms with Crippen LogP contribution in [0.15, 0.2) is 65.8 Å². The highest BCUT2D eigenvalue weighted by Crippen LogP contribution is 2.39. The van der Waals surface area contributed by atoms with Crippen molar-refractivity contribution in [3.05, 3.63) is 77.8 Å². The summed E-state index contributed by atoms with van der Waals surface area (Å²) in [5, 5.41) is 1.70. The minimum absolute atomic E-state index is 0.258. The first kappa shape index (κ1) is 22.0. The molecule has 173 valence electrons. The van der Waals surface area contributed by atoms with Gasteiger partial charge in [0.15, 0.2) is 21.3 Å². The lowest BCUT2D eigenvalue weighted by Crippen LogP contribution is -2.03. The SMILES string of the molecule is COc1cc2c(-c3cc4c([CH]S(=O)(=O)c5ccc(C)cc5)ccnc4[nH]3)cn(C)c2cc1OC. The number of benzene rings is 2. The van der Waals surface area contributed by atoms with E-state index in [1.807, 2.05) is 42.9 Å². The number of hydrogen-bond acceptors (Lipinski definition) is 5. The molecule has 5 aromatic rings. The van der Waals surface area contributed by atoms with E-state index in [-0.39, 0.29) is 4.90 Å². The van der Waals surface area contributed by atoms with E-state index in [9.17, 15) is 8.42 Å². The lowest BCUT2D eigenvalue weighted by Gasteiger charge is -2.08. The standard InChI is InChI=1S/C26H24N3O4S/c1-16-5-7-18(8-6-16)34(30,31)15-17-9-10-27-26-19(17)11-22(28-26)21-14-29(2)23-13-25(33-4)24(32-3)12-20(21)23/h5-15H,1-4H3,(H,27,28). The van der Waals surface area contributed by atoms with E-state index in [2.05, 4.69) is 9.97 Å². The second-order valence-electron chi connectivity index (χ2n) is 8.20. The number of pyridine rings is 1. The molecule has 0 aliphatic rings. The molecule has 0 spiro atoms. The Morgan fingerprint density at radius 3 is 2.38 bits per heavy atom. The molecule has 0 amide bonds. The van der Waals surface area contributed by atoms with E-state index >= 15 is 0 Å².